The molecule has 1 saturated carbocycles. The predicted molar refractivity (Wildman–Crippen MR) is 74.8 cm³/mol. The molecule has 2 N–H and O–H groups in total. The van der Waals surface area contributed by atoms with E-state index in [2.05, 4.69) is 33.8 Å². The number of hydrogen-bond donors (Lipinski definition) is 2. The van der Waals surface area contributed by atoms with Crippen LogP contribution >= 0.6 is 11.8 Å². The van der Waals surface area contributed by atoms with Gasteiger partial charge < -0.3 is 10.6 Å². The molecule has 1 aromatic rings. The van der Waals surface area contributed by atoms with E-state index in [4.69, 9.17) is 0 Å². The zero-order valence-corrected chi connectivity index (χ0v) is 11.3. The highest BCUT2D eigenvalue weighted by atomic mass is 32.2. The van der Waals surface area contributed by atoms with E-state index in [-0.39, 0.29) is 0 Å². The molecular weight excluding hydrogens is 232 g/mol. The van der Waals surface area contributed by atoms with Crippen molar-refractivity contribution < 1.29 is 0 Å². The third kappa shape index (κ3) is 3.49. The Kier molecular flexibility index (Phi) is 4.48. The van der Waals surface area contributed by atoms with Crippen molar-refractivity contribution in [1.29, 1.82) is 0 Å². The molecule has 0 aromatic carbocycles. The van der Waals surface area contributed by atoms with Crippen LogP contribution in [-0.4, -0.2) is 34.1 Å². The largest absolute Gasteiger partial charge is 0.369 e. The average Bonchev–Trinajstić information content (AvgIpc) is 2.78. The molecule has 17 heavy (non-hydrogen) atoms. The Hall–Kier alpha value is -0.970. The molecule has 0 bridgehead atoms. The summed E-state index contributed by atoms with van der Waals surface area (Å²) in [6, 6.07) is 0.554. The number of anilines is 2. The predicted octanol–water partition coefficient (Wildman–Crippen LogP) is 2.60. The van der Waals surface area contributed by atoms with Gasteiger partial charge in [0.2, 0.25) is 0 Å². The van der Waals surface area contributed by atoms with Crippen LogP contribution in [0, 0.1) is 0 Å². The first-order chi connectivity index (χ1) is 8.31. The van der Waals surface area contributed by atoms with Gasteiger partial charge in [-0.25, -0.2) is 4.98 Å². The SMILES string of the molecule is CCNc1cncc(NC2CCC(SC)C2)n1. The van der Waals surface area contributed by atoms with Gasteiger partial charge in [0, 0.05) is 17.8 Å². The lowest BCUT2D eigenvalue weighted by atomic mass is 10.2. The molecular formula is C12H20N4S. The van der Waals surface area contributed by atoms with E-state index in [1.807, 2.05) is 11.8 Å². The van der Waals surface area contributed by atoms with Crippen molar-refractivity contribution in [3.8, 4) is 0 Å². The van der Waals surface area contributed by atoms with Gasteiger partial charge in [0.05, 0.1) is 12.4 Å². The Bertz CT molecular complexity index is 358. The van der Waals surface area contributed by atoms with Gasteiger partial charge in [-0.05, 0) is 32.4 Å². The van der Waals surface area contributed by atoms with Gasteiger partial charge in [0.1, 0.15) is 11.6 Å². The maximum atomic E-state index is 4.49. The van der Waals surface area contributed by atoms with Crippen molar-refractivity contribution in [2.24, 2.45) is 0 Å². The van der Waals surface area contributed by atoms with E-state index in [1.165, 1.54) is 19.3 Å². The van der Waals surface area contributed by atoms with E-state index in [1.54, 1.807) is 12.4 Å². The van der Waals surface area contributed by atoms with Crippen LogP contribution < -0.4 is 10.6 Å². The lowest BCUT2D eigenvalue weighted by molar-refractivity contribution is 0.751. The molecule has 0 aliphatic heterocycles. The van der Waals surface area contributed by atoms with E-state index < -0.39 is 0 Å². The van der Waals surface area contributed by atoms with Crippen LogP contribution in [0.25, 0.3) is 0 Å². The van der Waals surface area contributed by atoms with Crippen molar-refractivity contribution in [1.82, 2.24) is 9.97 Å². The Labute approximate surface area is 107 Å². The molecule has 0 radical (unpaired) electrons. The Morgan fingerprint density at radius 3 is 2.88 bits per heavy atom. The molecule has 0 amide bonds. The maximum absolute atomic E-state index is 4.49. The summed E-state index contributed by atoms with van der Waals surface area (Å²) in [7, 11) is 0. The van der Waals surface area contributed by atoms with Gasteiger partial charge in [-0.15, -0.1) is 0 Å². The highest BCUT2D eigenvalue weighted by molar-refractivity contribution is 7.99. The topological polar surface area (TPSA) is 49.8 Å². The first-order valence-corrected chi connectivity index (χ1v) is 7.46. The molecule has 1 aliphatic carbocycles. The Balaban J connectivity index is 1.92. The number of aromatic nitrogens is 2. The molecule has 0 spiro atoms. The standard InChI is InChI=1S/C12H20N4S/c1-3-14-11-7-13-8-12(16-11)15-9-4-5-10(6-9)17-2/h7-10H,3-6H2,1-2H3,(H2,14,15,16). The lowest BCUT2D eigenvalue weighted by Crippen LogP contribution is -2.17. The summed E-state index contributed by atoms with van der Waals surface area (Å²) in [4.78, 5) is 8.68. The summed E-state index contributed by atoms with van der Waals surface area (Å²) in [5, 5.41) is 7.46. The number of rotatable bonds is 5. The Morgan fingerprint density at radius 2 is 2.18 bits per heavy atom. The molecule has 2 unspecified atom stereocenters. The van der Waals surface area contributed by atoms with Gasteiger partial charge in [-0.1, -0.05) is 0 Å². The van der Waals surface area contributed by atoms with Gasteiger partial charge in [-0.3, -0.25) is 4.98 Å². The van der Waals surface area contributed by atoms with E-state index in [0.29, 0.717) is 6.04 Å². The van der Waals surface area contributed by atoms with Gasteiger partial charge in [-0.2, -0.15) is 11.8 Å². The van der Waals surface area contributed by atoms with E-state index in [0.717, 1.165) is 23.4 Å². The van der Waals surface area contributed by atoms with Gasteiger partial charge >= 0.3 is 0 Å². The molecule has 2 atom stereocenters. The van der Waals surface area contributed by atoms with Crippen molar-refractivity contribution >= 4 is 23.4 Å². The van der Waals surface area contributed by atoms with Crippen molar-refractivity contribution in [2.75, 3.05) is 23.4 Å². The van der Waals surface area contributed by atoms with Crippen LogP contribution in [0.3, 0.4) is 0 Å². The quantitative estimate of drug-likeness (QED) is 0.843. The average molecular weight is 252 g/mol. The normalized spacial score (nSPS) is 23.6. The molecule has 1 aromatic heterocycles. The number of thioether (sulfide) groups is 1. The summed E-state index contributed by atoms with van der Waals surface area (Å²) in [6.45, 7) is 2.93. The third-order valence-corrected chi connectivity index (χ3v) is 4.16. The summed E-state index contributed by atoms with van der Waals surface area (Å²) in [5.41, 5.74) is 0. The van der Waals surface area contributed by atoms with Gasteiger partial charge in [0.25, 0.3) is 0 Å². The summed E-state index contributed by atoms with van der Waals surface area (Å²) >= 11 is 1.97. The first kappa shape index (κ1) is 12.5. The summed E-state index contributed by atoms with van der Waals surface area (Å²) in [5.74, 6) is 1.73. The fraction of sp³-hybridized carbons (Fsp3) is 0.667. The van der Waals surface area contributed by atoms with Gasteiger partial charge in [0.15, 0.2) is 0 Å². The van der Waals surface area contributed by atoms with Crippen LogP contribution in [-0.2, 0) is 0 Å². The minimum Gasteiger partial charge on any atom is -0.369 e. The molecule has 2 rings (SSSR count). The summed E-state index contributed by atoms with van der Waals surface area (Å²) in [6.07, 6.45) is 9.52. The minimum atomic E-state index is 0.554. The van der Waals surface area contributed by atoms with E-state index in [9.17, 15) is 0 Å². The second-order valence-electron chi connectivity index (χ2n) is 4.33. The van der Waals surface area contributed by atoms with Crippen LogP contribution in [0.2, 0.25) is 0 Å². The number of nitrogens with one attached hydrogen (secondary N) is 2. The minimum absolute atomic E-state index is 0.554. The molecule has 0 saturated heterocycles. The second-order valence-corrected chi connectivity index (χ2v) is 5.47. The molecule has 1 heterocycles. The van der Waals surface area contributed by atoms with Crippen LogP contribution in [0.1, 0.15) is 26.2 Å². The lowest BCUT2D eigenvalue weighted by Gasteiger charge is -2.13. The van der Waals surface area contributed by atoms with E-state index >= 15 is 0 Å². The van der Waals surface area contributed by atoms with Crippen molar-refractivity contribution in [3.63, 3.8) is 0 Å². The van der Waals surface area contributed by atoms with Crippen LogP contribution in [0.5, 0.6) is 0 Å². The molecule has 4 nitrogen and oxygen atoms in total. The second kappa shape index (κ2) is 6.10. The molecule has 1 aliphatic rings. The van der Waals surface area contributed by atoms with Crippen LogP contribution in [0.15, 0.2) is 12.4 Å². The molecule has 94 valence electrons. The Morgan fingerprint density at radius 1 is 1.35 bits per heavy atom. The molecule has 5 heteroatoms. The van der Waals surface area contributed by atoms with Crippen molar-refractivity contribution in [2.45, 2.75) is 37.5 Å². The zero-order valence-electron chi connectivity index (χ0n) is 10.4. The highest BCUT2D eigenvalue weighted by Gasteiger charge is 2.23. The first-order valence-electron chi connectivity index (χ1n) is 6.17. The van der Waals surface area contributed by atoms with Crippen LogP contribution in [0.4, 0.5) is 11.6 Å². The number of hydrogen-bond acceptors (Lipinski definition) is 5. The highest BCUT2D eigenvalue weighted by Crippen LogP contribution is 2.29. The zero-order chi connectivity index (χ0) is 12.1. The van der Waals surface area contributed by atoms with Crippen molar-refractivity contribution in [3.05, 3.63) is 12.4 Å². The smallest absolute Gasteiger partial charge is 0.147 e. The maximum Gasteiger partial charge on any atom is 0.147 e. The number of nitrogens with zero attached hydrogens (tertiary/aromatic N) is 2. The molecule has 1 fully saturated rings. The fourth-order valence-electron chi connectivity index (χ4n) is 2.20. The fourth-order valence-corrected chi connectivity index (χ4v) is 2.99. The third-order valence-electron chi connectivity index (χ3n) is 3.06. The monoisotopic (exact) mass is 252 g/mol. The summed E-state index contributed by atoms with van der Waals surface area (Å²) < 4.78 is 0.